The first-order chi connectivity index (χ1) is 11.1. The third-order valence-corrected chi connectivity index (χ3v) is 4.12. The fraction of sp³-hybridized carbons (Fsp3) is 0.263. The standard InChI is InChI=1S/C19H19NO3/c21-18(20-17(19(22)23)12-13-6-7-13)16-10-8-15(9-11-16)14-4-2-1-3-5-14/h1-5,8-11,13,17H,6-7,12H2,(H,20,21)(H,22,23). The third kappa shape index (κ3) is 3.97. The van der Waals surface area contributed by atoms with Crippen LogP contribution in [0.2, 0.25) is 0 Å². The summed E-state index contributed by atoms with van der Waals surface area (Å²) in [5.74, 6) is -0.860. The molecule has 0 heterocycles. The number of carbonyl (C=O) groups is 2. The van der Waals surface area contributed by atoms with Gasteiger partial charge in [-0.3, -0.25) is 4.79 Å². The van der Waals surface area contributed by atoms with Crippen molar-refractivity contribution in [3.05, 3.63) is 60.2 Å². The lowest BCUT2D eigenvalue weighted by atomic mass is 10.0. The molecule has 0 aliphatic heterocycles. The van der Waals surface area contributed by atoms with Crippen molar-refractivity contribution in [1.29, 1.82) is 0 Å². The van der Waals surface area contributed by atoms with E-state index in [4.69, 9.17) is 0 Å². The predicted octanol–water partition coefficient (Wildman–Crippen LogP) is 3.34. The van der Waals surface area contributed by atoms with Crippen molar-refractivity contribution >= 4 is 11.9 Å². The van der Waals surface area contributed by atoms with Crippen molar-refractivity contribution in [3.8, 4) is 11.1 Å². The van der Waals surface area contributed by atoms with Crippen LogP contribution in [0, 0.1) is 5.92 Å². The molecule has 1 fully saturated rings. The van der Waals surface area contributed by atoms with Crippen molar-refractivity contribution in [1.82, 2.24) is 5.32 Å². The van der Waals surface area contributed by atoms with E-state index in [9.17, 15) is 14.7 Å². The molecule has 0 saturated heterocycles. The van der Waals surface area contributed by atoms with E-state index in [2.05, 4.69) is 5.32 Å². The largest absolute Gasteiger partial charge is 0.480 e. The van der Waals surface area contributed by atoms with E-state index in [-0.39, 0.29) is 5.91 Å². The van der Waals surface area contributed by atoms with Crippen molar-refractivity contribution in [2.45, 2.75) is 25.3 Å². The lowest BCUT2D eigenvalue weighted by Crippen LogP contribution is -2.41. The lowest BCUT2D eigenvalue weighted by Gasteiger charge is -2.14. The number of carbonyl (C=O) groups excluding carboxylic acids is 1. The van der Waals surface area contributed by atoms with Crippen LogP contribution >= 0.6 is 0 Å². The van der Waals surface area contributed by atoms with Crippen LogP contribution in [0.25, 0.3) is 11.1 Å². The van der Waals surface area contributed by atoms with Crippen molar-refractivity contribution in [2.75, 3.05) is 0 Å². The average molecular weight is 309 g/mol. The normalized spacial score (nSPS) is 15.0. The van der Waals surface area contributed by atoms with Crippen LogP contribution in [0.4, 0.5) is 0 Å². The molecule has 0 aromatic heterocycles. The minimum absolute atomic E-state index is 0.335. The van der Waals surface area contributed by atoms with E-state index in [0.29, 0.717) is 17.9 Å². The summed E-state index contributed by atoms with van der Waals surface area (Å²) in [7, 11) is 0. The molecule has 0 spiro atoms. The summed E-state index contributed by atoms with van der Waals surface area (Å²) in [6.07, 6.45) is 2.64. The molecule has 0 radical (unpaired) electrons. The van der Waals surface area contributed by atoms with Gasteiger partial charge in [0.05, 0.1) is 0 Å². The van der Waals surface area contributed by atoms with Gasteiger partial charge in [0.15, 0.2) is 0 Å². The Morgan fingerprint density at radius 1 is 1.00 bits per heavy atom. The number of carboxylic acids is 1. The smallest absolute Gasteiger partial charge is 0.326 e. The van der Waals surface area contributed by atoms with Gasteiger partial charge in [-0.2, -0.15) is 0 Å². The summed E-state index contributed by atoms with van der Waals surface area (Å²) >= 11 is 0. The van der Waals surface area contributed by atoms with E-state index in [1.54, 1.807) is 12.1 Å². The van der Waals surface area contributed by atoms with E-state index < -0.39 is 12.0 Å². The molecule has 1 atom stereocenters. The van der Waals surface area contributed by atoms with Crippen molar-refractivity contribution in [3.63, 3.8) is 0 Å². The number of benzene rings is 2. The molecule has 2 aromatic carbocycles. The Bertz CT molecular complexity index is 690. The molecule has 0 bridgehead atoms. The second-order valence-corrected chi connectivity index (χ2v) is 5.99. The van der Waals surface area contributed by atoms with Crippen LogP contribution < -0.4 is 5.32 Å². The number of rotatable bonds is 6. The van der Waals surface area contributed by atoms with E-state index in [1.165, 1.54) is 0 Å². The van der Waals surface area contributed by atoms with Crippen LogP contribution in [-0.2, 0) is 4.79 Å². The minimum atomic E-state index is -0.967. The Morgan fingerprint density at radius 3 is 2.17 bits per heavy atom. The lowest BCUT2D eigenvalue weighted by molar-refractivity contribution is -0.139. The zero-order valence-corrected chi connectivity index (χ0v) is 12.7. The number of nitrogens with one attached hydrogen (secondary N) is 1. The Labute approximate surface area is 135 Å². The predicted molar refractivity (Wildman–Crippen MR) is 88.1 cm³/mol. The molecular formula is C19H19NO3. The van der Waals surface area contributed by atoms with Crippen molar-refractivity contribution < 1.29 is 14.7 Å². The van der Waals surface area contributed by atoms with Crippen LogP contribution in [-0.4, -0.2) is 23.0 Å². The molecule has 2 aromatic rings. The maximum absolute atomic E-state index is 12.2. The number of aliphatic carboxylic acids is 1. The van der Waals surface area contributed by atoms with Gasteiger partial charge in [-0.1, -0.05) is 55.3 Å². The first-order valence-electron chi connectivity index (χ1n) is 7.82. The maximum Gasteiger partial charge on any atom is 0.326 e. The van der Waals surface area contributed by atoms with Crippen molar-refractivity contribution in [2.24, 2.45) is 5.92 Å². The van der Waals surface area contributed by atoms with Gasteiger partial charge in [0.25, 0.3) is 5.91 Å². The molecule has 1 saturated carbocycles. The quantitative estimate of drug-likeness (QED) is 0.860. The molecule has 1 aliphatic carbocycles. The molecule has 4 heteroatoms. The van der Waals surface area contributed by atoms with Crippen LogP contribution in [0.5, 0.6) is 0 Å². The highest BCUT2D eigenvalue weighted by atomic mass is 16.4. The first-order valence-corrected chi connectivity index (χ1v) is 7.82. The highest BCUT2D eigenvalue weighted by molar-refractivity contribution is 5.97. The molecule has 118 valence electrons. The Hall–Kier alpha value is -2.62. The molecule has 4 nitrogen and oxygen atoms in total. The van der Waals surface area contributed by atoms with Gasteiger partial charge in [-0.15, -0.1) is 0 Å². The number of hydrogen-bond donors (Lipinski definition) is 2. The van der Waals surface area contributed by atoms with E-state index in [1.807, 2.05) is 42.5 Å². The zero-order chi connectivity index (χ0) is 16.2. The summed E-state index contributed by atoms with van der Waals surface area (Å²) in [6, 6.07) is 16.3. The molecule has 1 aliphatic rings. The van der Waals surface area contributed by atoms with Crippen LogP contribution in [0.3, 0.4) is 0 Å². The second kappa shape index (κ2) is 6.65. The highest BCUT2D eigenvalue weighted by Gasteiger charge is 2.30. The minimum Gasteiger partial charge on any atom is -0.480 e. The molecule has 1 unspecified atom stereocenters. The Balaban J connectivity index is 1.68. The molecule has 3 rings (SSSR count). The number of carboxylic acid groups (broad SMARTS) is 1. The topological polar surface area (TPSA) is 66.4 Å². The van der Waals surface area contributed by atoms with Gasteiger partial charge >= 0.3 is 5.97 Å². The van der Waals surface area contributed by atoms with Gasteiger partial charge in [-0.25, -0.2) is 4.79 Å². The summed E-state index contributed by atoms with van der Waals surface area (Å²) in [5, 5.41) is 11.8. The van der Waals surface area contributed by atoms with Crippen LogP contribution in [0.1, 0.15) is 29.6 Å². The first kappa shape index (κ1) is 15.3. The van der Waals surface area contributed by atoms with Gasteiger partial charge < -0.3 is 10.4 Å². The van der Waals surface area contributed by atoms with Gasteiger partial charge in [0.1, 0.15) is 6.04 Å². The fourth-order valence-electron chi connectivity index (χ4n) is 2.59. The summed E-state index contributed by atoms with van der Waals surface area (Å²) in [6.45, 7) is 0. The average Bonchev–Trinajstić information content (AvgIpc) is 3.39. The zero-order valence-electron chi connectivity index (χ0n) is 12.7. The summed E-state index contributed by atoms with van der Waals surface area (Å²) in [5.41, 5.74) is 2.58. The summed E-state index contributed by atoms with van der Waals surface area (Å²) < 4.78 is 0. The Kier molecular flexibility index (Phi) is 4.42. The molecule has 23 heavy (non-hydrogen) atoms. The number of amides is 1. The third-order valence-electron chi connectivity index (χ3n) is 4.12. The molecule has 1 amide bonds. The number of hydrogen-bond acceptors (Lipinski definition) is 2. The Morgan fingerprint density at radius 2 is 1.61 bits per heavy atom. The van der Waals surface area contributed by atoms with Gasteiger partial charge in [-0.05, 0) is 35.6 Å². The SMILES string of the molecule is O=C(NC(CC1CC1)C(=O)O)c1ccc(-c2ccccc2)cc1. The highest BCUT2D eigenvalue weighted by Crippen LogP contribution is 2.33. The monoisotopic (exact) mass is 309 g/mol. The summed E-state index contributed by atoms with van der Waals surface area (Å²) in [4.78, 5) is 23.5. The van der Waals surface area contributed by atoms with Gasteiger partial charge in [0, 0.05) is 5.56 Å². The van der Waals surface area contributed by atoms with Crippen LogP contribution in [0.15, 0.2) is 54.6 Å². The second-order valence-electron chi connectivity index (χ2n) is 5.99. The van der Waals surface area contributed by atoms with Gasteiger partial charge in [0.2, 0.25) is 0 Å². The molecule has 2 N–H and O–H groups in total. The fourth-order valence-corrected chi connectivity index (χ4v) is 2.59. The maximum atomic E-state index is 12.2. The van der Waals surface area contributed by atoms with E-state index in [0.717, 1.165) is 24.0 Å². The molecular weight excluding hydrogens is 290 g/mol. The van der Waals surface area contributed by atoms with E-state index >= 15 is 0 Å².